The summed E-state index contributed by atoms with van der Waals surface area (Å²) in [5, 5.41) is 3.29. The molecule has 0 aliphatic rings. The summed E-state index contributed by atoms with van der Waals surface area (Å²) in [5.41, 5.74) is 5.53. The van der Waals surface area contributed by atoms with E-state index in [0.29, 0.717) is 17.2 Å². The molecule has 3 N–H and O–H groups in total. The number of benzene rings is 1. The average Bonchev–Trinajstić information content (AvgIpc) is 2.35. The molecule has 0 radical (unpaired) electrons. The monoisotopic (exact) mass is 300 g/mol. The lowest BCUT2D eigenvalue weighted by atomic mass is 10.2. The quantitative estimate of drug-likeness (QED) is 0.791. The van der Waals surface area contributed by atoms with E-state index in [9.17, 15) is 4.79 Å². The highest BCUT2D eigenvalue weighted by Gasteiger charge is 2.19. The van der Waals surface area contributed by atoms with Gasteiger partial charge in [-0.15, -0.1) is 0 Å². The first-order chi connectivity index (χ1) is 8.93. The van der Waals surface area contributed by atoms with E-state index in [-0.39, 0.29) is 16.9 Å². The Bertz CT molecular complexity index is 468. The van der Waals surface area contributed by atoms with Crippen LogP contribution in [0.15, 0.2) is 24.3 Å². The molecule has 0 saturated heterocycles. The van der Waals surface area contributed by atoms with Crippen molar-refractivity contribution in [2.75, 3.05) is 0 Å². The fourth-order valence-corrected chi connectivity index (χ4v) is 1.87. The van der Waals surface area contributed by atoms with E-state index in [2.05, 4.69) is 5.32 Å². The molecule has 0 bridgehead atoms. The molecule has 1 rings (SSSR count). The van der Waals surface area contributed by atoms with Gasteiger partial charge in [0.05, 0.1) is 11.0 Å². The van der Waals surface area contributed by atoms with Crippen molar-refractivity contribution in [3.63, 3.8) is 0 Å². The smallest absolute Gasteiger partial charge is 0.261 e. The van der Waals surface area contributed by atoms with Gasteiger partial charge in [0.1, 0.15) is 5.75 Å². The van der Waals surface area contributed by atoms with Crippen LogP contribution in [-0.4, -0.2) is 23.0 Å². The number of hydrogen-bond acceptors (Lipinski definition) is 3. The second-order valence-electron chi connectivity index (χ2n) is 4.09. The van der Waals surface area contributed by atoms with E-state index in [1.165, 1.54) is 0 Å². The number of thiocarbonyl (C=S) groups is 1. The van der Waals surface area contributed by atoms with Crippen molar-refractivity contribution in [3.05, 3.63) is 29.3 Å². The summed E-state index contributed by atoms with van der Waals surface area (Å²) < 4.78 is 5.50. The van der Waals surface area contributed by atoms with Gasteiger partial charge in [0.2, 0.25) is 0 Å². The molecule has 0 aromatic heterocycles. The molecule has 0 spiro atoms. The van der Waals surface area contributed by atoms with Gasteiger partial charge >= 0.3 is 0 Å². The topological polar surface area (TPSA) is 64.3 Å². The van der Waals surface area contributed by atoms with Gasteiger partial charge in [0.25, 0.3) is 5.91 Å². The van der Waals surface area contributed by atoms with Crippen molar-refractivity contribution < 1.29 is 9.53 Å². The van der Waals surface area contributed by atoms with Crippen LogP contribution in [0.4, 0.5) is 0 Å². The lowest BCUT2D eigenvalue weighted by Crippen LogP contribution is -2.47. The number of amides is 1. The van der Waals surface area contributed by atoms with Gasteiger partial charge in [0.15, 0.2) is 6.10 Å². The van der Waals surface area contributed by atoms with Crippen LogP contribution in [0, 0.1) is 0 Å². The molecular formula is C13H17ClN2O2S. The second kappa shape index (κ2) is 7.31. The predicted molar refractivity (Wildman–Crippen MR) is 80.5 cm³/mol. The Morgan fingerprint density at radius 2 is 2.26 bits per heavy atom. The fraction of sp³-hybridized carbons (Fsp3) is 0.385. The SMILES string of the molecule is CCC(NC(=O)C(C)Oc1cccc(Cl)c1)C(N)=S. The number of hydrogen-bond donors (Lipinski definition) is 2. The van der Waals surface area contributed by atoms with Crippen molar-refractivity contribution in [1.82, 2.24) is 5.32 Å². The van der Waals surface area contributed by atoms with Crippen molar-refractivity contribution in [2.45, 2.75) is 32.4 Å². The first-order valence-corrected chi connectivity index (χ1v) is 6.74. The van der Waals surface area contributed by atoms with Crippen LogP contribution in [0.25, 0.3) is 0 Å². The van der Waals surface area contributed by atoms with Crippen LogP contribution < -0.4 is 15.8 Å². The highest BCUT2D eigenvalue weighted by Crippen LogP contribution is 2.18. The molecule has 0 aliphatic heterocycles. The van der Waals surface area contributed by atoms with Crippen LogP contribution in [0.1, 0.15) is 20.3 Å². The maximum atomic E-state index is 11.9. The van der Waals surface area contributed by atoms with Gasteiger partial charge in [-0.2, -0.15) is 0 Å². The van der Waals surface area contributed by atoms with Crippen molar-refractivity contribution >= 4 is 34.7 Å². The molecule has 0 heterocycles. The third-order valence-electron chi connectivity index (χ3n) is 2.55. The molecule has 4 nitrogen and oxygen atoms in total. The Kier molecular flexibility index (Phi) is 6.05. The van der Waals surface area contributed by atoms with E-state index in [0.717, 1.165) is 0 Å². The zero-order chi connectivity index (χ0) is 14.4. The van der Waals surface area contributed by atoms with E-state index in [1.807, 2.05) is 6.92 Å². The van der Waals surface area contributed by atoms with Gasteiger partial charge in [0, 0.05) is 5.02 Å². The molecule has 2 unspecified atom stereocenters. The summed E-state index contributed by atoms with van der Waals surface area (Å²) in [7, 11) is 0. The minimum absolute atomic E-state index is 0.264. The highest BCUT2D eigenvalue weighted by molar-refractivity contribution is 7.80. The summed E-state index contributed by atoms with van der Waals surface area (Å²) in [5.74, 6) is 0.276. The predicted octanol–water partition coefficient (Wildman–Crippen LogP) is 2.29. The van der Waals surface area contributed by atoms with Gasteiger partial charge in [-0.1, -0.05) is 36.8 Å². The summed E-state index contributed by atoms with van der Waals surface area (Å²) in [6.45, 7) is 3.55. The Hall–Kier alpha value is -1.33. The number of halogens is 1. The van der Waals surface area contributed by atoms with Gasteiger partial charge in [-0.05, 0) is 31.5 Å². The summed E-state index contributed by atoms with van der Waals surface area (Å²) in [4.78, 5) is 12.2. The molecule has 19 heavy (non-hydrogen) atoms. The lowest BCUT2D eigenvalue weighted by Gasteiger charge is -2.19. The van der Waals surface area contributed by atoms with Crippen LogP contribution in [0.3, 0.4) is 0 Å². The Morgan fingerprint density at radius 1 is 1.58 bits per heavy atom. The van der Waals surface area contributed by atoms with Crippen LogP contribution in [0.2, 0.25) is 5.02 Å². The molecule has 2 atom stereocenters. The maximum Gasteiger partial charge on any atom is 0.261 e. The number of nitrogens with two attached hydrogens (primary N) is 1. The molecule has 0 fully saturated rings. The van der Waals surface area contributed by atoms with E-state index in [4.69, 9.17) is 34.3 Å². The first-order valence-electron chi connectivity index (χ1n) is 5.96. The number of carbonyl (C=O) groups is 1. The Labute approximate surface area is 123 Å². The zero-order valence-corrected chi connectivity index (χ0v) is 12.4. The summed E-state index contributed by atoms with van der Waals surface area (Å²) in [6.07, 6.45) is -0.00724. The molecule has 6 heteroatoms. The molecular weight excluding hydrogens is 284 g/mol. The molecule has 1 aromatic carbocycles. The molecule has 1 aromatic rings. The minimum Gasteiger partial charge on any atom is -0.481 e. The Morgan fingerprint density at radius 3 is 2.79 bits per heavy atom. The zero-order valence-electron chi connectivity index (χ0n) is 10.9. The van der Waals surface area contributed by atoms with Crippen molar-refractivity contribution in [2.24, 2.45) is 5.73 Å². The van der Waals surface area contributed by atoms with E-state index in [1.54, 1.807) is 31.2 Å². The largest absolute Gasteiger partial charge is 0.481 e. The number of ether oxygens (including phenoxy) is 1. The number of rotatable bonds is 6. The van der Waals surface area contributed by atoms with Crippen LogP contribution in [0.5, 0.6) is 5.75 Å². The van der Waals surface area contributed by atoms with Gasteiger partial charge < -0.3 is 15.8 Å². The Balaban J connectivity index is 2.60. The summed E-state index contributed by atoms with van der Waals surface area (Å²) >= 11 is 10.7. The number of carbonyl (C=O) groups excluding carboxylic acids is 1. The van der Waals surface area contributed by atoms with Gasteiger partial charge in [-0.25, -0.2) is 0 Å². The first kappa shape index (κ1) is 15.7. The molecule has 0 aliphatic carbocycles. The second-order valence-corrected chi connectivity index (χ2v) is 5.00. The van der Waals surface area contributed by atoms with Crippen molar-refractivity contribution in [1.29, 1.82) is 0 Å². The fourth-order valence-electron chi connectivity index (χ4n) is 1.46. The molecule has 0 saturated carbocycles. The standard InChI is InChI=1S/C13H17ClN2O2S/c1-3-11(12(15)19)16-13(17)8(2)18-10-6-4-5-9(14)7-10/h4-8,11H,3H2,1-2H3,(H2,15,19)(H,16,17). The highest BCUT2D eigenvalue weighted by atomic mass is 35.5. The average molecular weight is 301 g/mol. The summed E-state index contributed by atoms with van der Waals surface area (Å²) in [6, 6.07) is 6.56. The third kappa shape index (κ3) is 5.04. The minimum atomic E-state index is -0.651. The third-order valence-corrected chi connectivity index (χ3v) is 3.07. The van der Waals surface area contributed by atoms with Crippen LogP contribution >= 0.6 is 23.8 Å². The lowest BCUT2D eigenvalue weighted by molar-refractivity contribution is -0.127. The van der Waals surface area contributed by atoms with Gasteiger partial charge in [-0.3, -0.25) is 4.79 Å². The van der Waals surface area contributed by atoms with E-state index < -0.39 is 6.10 Å². The van der Waals surface area contributed by atoms with Crippen LogP contribution in [-0.2, 0) is 4.79 Å². The molecule has 104 valence electrons. The number of nitrogens with one attached hydrogen (secondary N) is 1. The van der Waals surface area contributed by atoms with Crippen molar-refractivity contribution in [3.8, 4) is 5.75 Å². The molecule has 1 amide bonds. The van der Waals surface area contributed by atoms with E-state index >= 15 is 0 Å². The normalized spacial score (nSPS) is 13.4. The maximum absolute atomic E-state index is 11.9.